The molecule has 0 spiro atoms. The zero-order chi connectivity index (χ0) is 21.6. The smallest absolute Gasteiger partial charge is 0.244 e. The Hall–Kier alpha value is -2.66. The Morgan fingerprint density at radius 3 is 2.58 bits per heavy atom. The average Bonchev–Trinajstić information content (AvgIpc) is 3.41. The molecule has 1 saturated heterocycles. The van der Waals surface area contributed by atoms with Crippen LogP contribution in [0.5, 0.6) is 0 Å². The SMILES string of the molecule is CN1CCN(S(=O)(=O)c2ccc(C3C(=O)Nc4ccc(-c5cscn5)cc43)nc2)CC1. The van der Waals surface area contributed by atoms with Crippen LogP contribution in [0.1, 0.15) is 17.2 Å². The number of aromatic nitrogens is 2. The molecule has 0 bridgehead atoms. The maximum absolute atomic E-state index is 12.9. The van der Waals surface area contributed by atoms with Gasteiger partial charge in [-0.25, -0.2) is 13.4 Å². The summed E-state index contributed by atoms with van der Waals surface area (Å²) >= 11 is 1.51. The Kier molecular flexibility index (Phi) is 5.09. The van der Waals surface area contributed by atoms with Crippen LogP contribution < -0.4 is 5.32 Å². The fourth-order valence-electron chi connectivity index (χ4n) is 3.96. The summed E-state index contributed by atoms with van der Waals surface area (Å²) in [6.45, 7) is 2.31. The summed E-state index contributed by atoms with van der Waals surface area (Å²) in [4.78, 5) is 23.7. The molecular weight excluding hydrogens is 434 g/mol. The van der Waals surface area contributed by atoms with E-state index in [-0.39, 0.29) is 10.8 Å². The normalized spacial score (nSPS) is 19.9. The van der Waals surface area contributed by atoms with Gasteiger partial charge in [0.05, 0.1) is 16.9 Å². The van der Waals surface area contributed by atoms with Crippen molar-refractivity contribution in [2.45, 2.75) is 10.8 Å². The van der Waals surface area contributed by atoms with Crippen LogP contribution >= 0.6 is 11.3 Å². The standard InChI is InChI=1S/C21H21N5O3S2/c1-25-6-8-26(9-7-25)31(28,29)15-3-5-18(22-11-15)20-16-10-14(19-12-30-13-23-19)2-4-17(16)24-21(20)27/h2-5,10-13,20H,6-9H2,1H3,(H,24,27). The van der Waals surface area contributed by atoms with Crippen molar-refractivity contribution >= 4 is 33.0 Å². The van der Waals surface area contributed by atoms with E-state index in [0.717, 1.165) is 22.5 Å². The van der Waals surface area contributed by atoms with E-state index in [1.807, 2.05) is 30.6 Å². The lowest BCUT2D eigenvalue weighted by molar-refractivity contribution is -0.116. The summed E-state index contributed by atoms with van der Waals surface area (Å²) in [5, 5.41) is 4.85. The van der Waals surface area contributed by atoms with Crippen molar-refractivity contribution < 1.29 is 13.2 Å². The van der Waals surface area contributed by atoms with Gasteiger partial charge in [-0.3, -0.25) is 9.78 Å². The summed E-state index contributed by atoms with van der Waals surface area (Å²) in [7, 11) is -1.62. The van der Waals surface area contributed by atoms with E-state index in [0.29, 0.717) is 31.9 Å². The number of nitrogens with zero attached hydrogens (tertiary/aromatic N) is 4. The number of piperazine rings is 1. The number of carbonyl (C=O) groups is 1. The molecule has 2 aromatic heterocycles. The van der Waals surface area contributed by atoms with E-state index in [9.17, 15) is 13.2 Å². The molecule has 1 amide bonds. The molecule has 1 N–H and O–H groups in total. The zero-order valence-corrected chi connectivity index (χ0v) is 18.5. The van der Waals surface area contributed by atoms with Crippen molar-refractivity contribution in [3.63, 3.8) is 0 Å². The number of likely N-dealkylation sites (N-methyl/N-ethyl adjacent to an activating group) is 1. The first-order chi connectivity index (χ1) is 14.9. The van der Waals surface area contributed by atoms with E-state index in [1.54, 1.807) is 17.6 Å². The van der Waals surface area contributed by atoms with Crippen LogP contribution in [0.3, 0.4) is 0 Å². The third-order valence-corrected chi connectivity index (χ3v) is 8.23. The van der Waals surface area contributed by atoms with Gasteiger partial charge >= 0.3 is 0 Å². The van der Waals surface area contributed by atoms with Gasteiger partial charge in [0.1, 0.15) is 10.8 Å². The Balaban J connectivity index is 1.44. The van der Waals surface area contributed by atoms with Gasteiger partial charge in [-0.15, -0.1) is 11.3 Å². The maximum atomic E-state index is 12.9. The number of rotatable bonds is 4. The predicted octanol–water partition coefficient (Wildman–Crippen LogP) is 2.23. The van der Waals surface area contributed by atoms with E-state index in [2.05, 4.69) is 20.2 Å². The van der Waals surface area contributed by atoms with Crippen molar-refractivity contribution in [2.75, 3.05) is 38.5 Å². The van der Waals surface area contributed by atoms with E-state index < -0.39 is 15.9 Å². The fraction of sp³-hybridized carbons (Fsp3) is 0.286. The third kappa shape index (κ3) is 3.65. The number of hydrogen-bond acceptors (Lipinski definition) is 7. The first kappa shape index (κ1) is 20.3. The molecule has 3 aromatic rings. The molecule has 2 aliphatic rings. The number of sulfonamides is 1. The van der Waals surface area contributed by atoms with Gasteiger partial charge in [-0.1, -0.05) is 6.07 Å². The van der Waals surface area contributed by atoms with Crippen LogP contribution in [0.25, 0.3) is 11.3 Å². The fourth-order valence-corrected chi connectivity index (χ4v) is 5.89. The average molecular weight is 456 g/mol. The molecule has 0 saturated carbocycles. The van der Waals surface area contributed by atoms with Crippen molar-refractivity contribution in [1.82, 2.24) is 19.2 Å². The number of anilines is 1. The molecule has 1 unspecified atom stereocenters. The molecule has 1 aromatic carbocycles. The number of benzene rings is 1. The lowest BCUT2D eigenvalue weighted by atomic mass is 9.94. The monoisotopic (exact) mass is 455 g/mol. The minimum atomic E-state index is -3.60. The molecule has 4 heterocycles. The van der Waals surface area contributed by atoms with E-state index in [1.165, 1.54) is 21.8 Å². The summed E-state index contributed by atoms with van der Waals surface area (Å²) in [6.07, 6.45) is 1.36. The number of thiazole rings is 1. The quantitative estimate of drug-likeness (QED) is 0.648. The van der Waals surface area contributed by atoms with Crippen molar-refractivity contribution in [2.24, 2.45) is 0 Å². The van der Waals surface area contributed by atoms with Gasteiger partial charge < -0.3 is 10.2 Å². The van der Waals surface area contributed by atoms with E-state index >= 15 is 0 Å². The van der Waals surface area contributed by atoms with Crippen molar-refractivity contribution in [3.05, 3.63) is 58.7 Å². The summed E-state index contributed by atoms with van der Waals surface area (Å²) in [6, 6.07) is 8.93. The number of pyridine rings is 1. The molecule has 160 valence electrons. The minimum absolute atomic E-state index is 0.149. The highest BCUT2D eigenvalue weighted by atomic mass is 32.2. The Labute approximate surface area is 184 Å². The third-order valence-electron chi connectivity index (χ3n) is 5.77. The van der Waals surface area contributed by atoms with Crippen LogP contribution in [-0.2, 0) is 14.8 Å². The Bertz CT molecular complexity index is 1220. The number of amides is 1. The molecule has 10 heteroatoms. The number of carbonyl (C=O) groups excluding carboxylic acids is 1. The molecule has 2 aliphatic heterocycles. The van der Waals surface area contributed by atoms with Crippen LogP contribution in [0.2, 0.25) is 0 Å². The lowest BCUT2D eigenvalue weighted by Gasteiger charge is -2.31. The first-order valence-corrected chi connectivity index (χ1v) is 12.3. The minimum Gasteiger partial charge on any atom is -0.325 e. The molecule has 1 atom stereocenters. The molecule has 0 aliphatic carbocycles. The van der Waals surface area contributed by atoms with Gasteiger partial charge in [-0.2, -0.15) is 4.31 Å². The number of nitrogens with one attached hydrogen (secondary N) is 1. The number of hydrogen-bond donors (Lipinski definition) is 1. The summed E-state index contributed by atoms with van der Waals surface area (Å²) in [5.74, 6) is -0.762. The highest BCUT2D eigenvalue weighted by Gasteiger charge is 2.34. The summed E-state index contributed by atoms with van der Waals surface area (Å²) < 4.78 is 27.4. The first-order valence-electron chi connectivity index (χ1n) is 9.91. The topological polar surface area (TPSA) is 95.5 Å². The number of fused-ring (bicyclic) bond motifs is 1. The zero-order valence-electron chi connectivity index (χ0n) is 16.9. The van der Waals surface area contributed by atoms with Gasteiger partial charge in [-0.05, 0) is 36.9 Å². The van der Waals surface area contributed by atoms with Gasteiger partial charge in [0.15, 0.2) is 0 Å². The lowest BCUT2D eigenvalue weighted by Crippen LogP contribution is -2.47. The predicted molar refractivity (Wildman–Crippen MR) is 119 cm³/mol. The second kappa shape index (κ2) is 7.79. The molecule has 5 rings (SSSR count). The molecule has 31 heavy (non-hydrogen) atoms. The second-order valence-corrected chi connectivity index (χ2v) is 10.4. The second-order valence-electron chi connectivity index (χ2n) is 7.72. The Morgan fingerprint density at radius 2 is 1.90 bits per heavy atom. The van der Waals surface area contributed by atoms with Gasteiger partial charge in [0.2, 0.25) is 15.9 Å². The largest absolute Gasteiger partial charge is 0.325 e. The maximum Gasteiger partial charge on any atom is 0.244 e. The van der Waals surface area contributed by atoms with Crippen LogP contribution in [-0.4, -0.2) is 66.7 Å². The van der Waals surface area contributed by atoms with Gasteiger partial charge in [0, 0.05) is 49.0 Å². The van der Waals surface area contributed by atoms with Gasteiger partial charge in [0.25, 0.3) is 0 Å². The highest BCUT2D eigenvalue weighted by molar-refractivity contribution is 7.89. The molecule has 8 nitrogen and oxygen atoms in total. The van der Waals surface area contributed by atoms with Crippen molar-refractivity contribution in [1.29, 1.82) is 0 Å². The molecule has 0 radical (unpaired) electrons. The van der Waals surface area contributed by atoms with Crippen molar-refractivity contribution in [3.8, 4) is 11.3 Å². The van der Waals surface area contributed by atoms with Crippen LogP contribution in [0.15, 0.2) is 52.3 Å². The Morgan fingerprint density at radius 1 is 1.10 bits per heavy atom. The van der Waals surface area contributed by atoms with Crippen LogP contribution in [0, 0.1) is 0 Å². The van der Waals surface area contributed by atoms with Crippen LogP contribution in [0.4, 0.5) is 5.69 Å². The van der Waals surface area contributed by atoms with E-state index in [4.69, 9.17) is 0 Å². The molecule has 1 fully saturated rings. The highest BCUT2D eigenvalue weighted by Crippen LogP contribution is 2.39. The molecular formula is C21H21N5O3S2. The summed E-state index contributed by atoms with van der Waals surface area (Å²) in [5.41, 5.74) is 5.62.